The minimum Gasteiger partial charge on any atom is -0.483 e. The number of likely N-dealkylation sites (N-methyl/N-ethyl adjacent to an activating group) is 1. The summed E-state index contributed by atoms with van der Waals surface area (Å²) in [7, 11) is 1.62. The molecule has 4 nitrogen and oxygen atoms in total. The Morgan fingerprint density at radius 1 is 1.47 bits per heavy atom. The zero-order valence-corrected chi connectivity index (χ0v) is 11.7. The molecule has 2 rings (SSSR count). The summed E-state index contributed by atoms with van der Waals surface area (Å²) in [6.45, 7) is 3.17. The number of nitrogens with one attached hydrogen (secondary N) is 2. The highest BCUT2D eigenvalue weighted by molar-refractivity contribution is 5.77. The van der Waals surface area contributed by atoms with E-state index in [1.165, 1.54) is 17.5 Å². The van der Waals surface area contributed by atoms with Gasteiger partial charge in [-0.1, -0.05) is 19.1 Å². The maximum atomic E-state index is 11.3. The Bertz CT molecular complexity index is 446. The number of benzene rings is 1. The third-order valence-corrected chi connectivity index (χ3v) is 3.55. The second kappa shape index (κ2) is 6.57. The Morgan fingerprint density at radius 2 is 2.32 bits per heavy atom. The Hall–Kier alpha value is -1.55. The number of amides is 1. The first-order valence-electron chi connectivity index (χ1n) is 6.94. The Morgan fingerprint density at radius 3 is 3.05 bits per heavy atom. The van der Waals surface area contributed by atoms with E-state index in [0.29, 0.717) is 6.04 Å². The number of carbonyl (C=O) groups is 1. The van der Waals surface area contributed by atoms with Gasteiger partial charge >= 0.3 is 0 Å². The Kier molecular flexibility index (Phi) is 4.80. The lowest BCUT2D eigenvalue weighted by atomic mass is 9.87. The first-order chi connectivity index (χ1) is 9.26. The van der Waals surface area contributed by atoms with Gasteiger partial charge in [-0.25, -0.2) is 0 Å². The second-order valence-electron chi connectivity index (χ2n) is 4.79. The van der Waals surface area contributed by atoms with Crippen LogP contribution >= 0.6 is 0 Å². The molecule has 0 fully saturated rings. The van der Waals surface area contributed by atoms with E-state index in [2.05, 4.69) is 23.6 Å². The van der Waals surface area contributed by atoms with Crippen molar-refractivity contribution in [3.8, 4) is 5.75 Å². The maximum absolute atomic E-state index is 11.3. The number of hydrogen-bond acceptors (Lipinski definition) is 3. The zero-order chi connectivity index (χ0) is 13.7. The lowest BCUT2D eigenvalue weighted by Crippen LogP contribution is -2.27. The quantitative estimate of drug-likeness (QED) is 0.850. The van der Waals surface area contributed by atoms with Gasteiger partial charge in [0.1, 0.15) is 5.75 Å². The molecule has 0 aromatic heterocycles. The number of rotatable bonds is 5. The van der Waals surface area contributed by atoms with Gasteiger partial charge in [0, 0.05) is 13.1 Å². The van der Waals surface area contributed by atoms with Crippen molar-refractivity contribution in [1.82, 2.24) is 10.6 Å². The van der Waals surface area contributed by atoms with Crippen LogP contribution in [0.1, 0.15) is 36.9 Å². The van der Waals surface area contributed by atoms with Crippen molar-refractivity contribution in [1.29, 1.82) is 0 Å². The standard InChI is InChI=1S/C15H22N2O2/c1-3-17-13-8-4-7-12-11(13)6-5-9-14(12)19-10-15(18)16-2/h5-6,9,13,17H,3-4,7-8,10H2,1-2H3,(H,16,18). The van der Waals surface area contributed by atoms with Crippen LogP contribution in [0.2, 0.25) is 0 Å². The molecule has 19 heavy (non-hydrogen) atoms. The lowest BCUT2D eigenvalue weighted by Gasteiger charge is -2.27. The topological polar surface area (TPSA) is 50.4 Å². The molecule has 4 heteroatoms. The molecular formula is C15H22N2O2. The van der Waals surface area contributed by atoms with Crippen LogP contribution in [-0.4, -0.2) is 26.1 Å². The maximum Gasteiger partial charge on any atom is 0.257 e. The van der Waals surface area contributed by atoms with Crippen molar-refractivity contribution in [3.63, 3.8) is 0 Å². The van der Waals surface area contributed by atoms with Crippen LogP contribution in [0, 0.1) is 0 Å². The molecule has 104 valence electrons. The van der Waals surface area contributed by atoms with Gasteiger partial charge in [-0.05, 0) is 43.0 Å². The van der Waals surface area contributed by atoms with Crippen LogP contribution in [0.5, 0.6) is 5.75 Å². The van der Waals surface area contributed by atoms with Gasteiger partial charge in [0.2, 0.25) is 0 Å². The fourth-order valence-electron chi connectivity index (χ4n) is 2.62. The predicted molar refractivity (Wildman–Crippen MR) is 75.4 cm³/mol. The molecule has 1 aliphatic rings. The first-order valence-corrected chi connectivity index (χ1v) is 6.94. The molecule has 0 bridgehead atoms. The third kappa shape index (κ3) is 3.26. The minimum atomic E-state index is -0.100. The summed E-state index contributed by atoms with van der Waals surface area (Å²) in [6, 6.07) is 6.54. The van der Waals surface area contributed by atoms with E-state index < -0.39 is 0 Å². The summed E-state index contributed by atoms with van der Waals surface area (Å²) < 4.78 is 5.64. The van der Waals surface area contributed by atoms with Crippen molar-refractivity contribution >= 4 is 5.91 Å². The van der Waals surface area contributed by atoms with Crippen molar-refractivity contribution in [2.45, 2.75) is 32.2 Å². The summed E-state index contributed by atoms with van der Waals surface area (Å²) in [5.74, 6) is 0.750. The molecule has 1 amide bonds. The van der Waals surface area contributed by atoms with E-state index in [0.717, 1.165) is 25.1 Å². The van der Waals surface area contributed by atoms with Crippen LogP contribution in [0.25, 0.3) is 0 Å². The van der Waals surface area contributed by atoms with E-state index in [1.807, 2.05) is 12.1 Å². The molecule has 1 unspecified atom stereocenters. The highest BCUT2D eigenvalue weighted by atomic mass is 16.5. The zero-order valence-electron chi connectivity index (χ0n) is 11.7. The average molecular weight is 262 g/mol. The number of ether oxygens (including phenoxy) is 1. The fourth-order valence-corrected chi connectivity index (χ4v) is 2.62. The lowest BCUT2D eigenvalue weighted by molar-refractivity contribution is -0.122. The van der Waals surface area contributed by atoms with Crippen molar-refractivity contribution in [3.05, 3.63) is 29.3 Å². The molecule has 0 saturated heterocycles. The van der Waals surface area contributed by atoms with E-state index in [4.69, 9.17) is 4.74 Å². The molecule has 0 saturated carbocycles. The van der Waals surface area contributed by atoms with E-state index in [-0.39, 0.29) is 12.5 Å². The number of hydrogen-bond donors (Lipinski definition) is 2. The second-order valence-corrected chi connectivity index (χ2v) is 4.79. The number of carbonyl (C=O) groups excluding carboxylic acids is 1. The smallest absolute Gasteiger partial charge is 0.257 e. The highest BCUT2D eigenvalue weighted by Gasteiger charge is 2.22. The van der Waals surface area contributed by atoms with E-state index in [9.17, 15) is 4.79 Å². The molecule has 0 aliphatic heterocycles. The van der Waals surface area contributed by atoms with Gasteiger partial charge in [-0.3, -0.25) is 4.79 Å². The molecule has 2 N–H and O–H groups in total. The van der Waals surface area contributed by atoms with Gasteiger partial charge in [-0.2, -0.15) is 0 Å². The summed E-state index contributed by atoms with van der Waals surface area (Å²) in [5.41, 5.74) is 2.58. The first kappa shape index (κ1) is 13.9. The monoisotopic (exact) mass is 262 g/mol. The van der Waals surface area contributed by atoms with Gasteiger partial charge < -0.3 is 15.4 Å². The number of fused-ring (bicyclic) bond motifs is 1. The van der Waals surface area contributed by atoms with Crippen molar-refractivity contribution in [2.24, 2.45) is 0 Å². The molecule has 0 heterocycles. The molecule has 0 spiro atoms. The fraction of sp³-hybridized carbons (Fsp3) is 0.533. The van der Waals surface area contributed by atoms with E-state index >= 15 is 0 Å². The summed E-state index contributed by atoms with van der Waals surface area (Å²) in [5, 5.41) is 6.08. The van der Waals surface area contributed by atoms with Crippen LogP contribution in [0.15, 0.2) is 18.2 Å². The molecule has 1 atom stereocenters. The van der Waals surface area contributed by atoms with E-state index in [1.54, 1.807) is 7.05 Å². The molecule has 1 aromatic rings. The van der Waals surface area contributed by atoms with Crippen molar-refractivity contribution in [2.75, 3.05) is 20.2 Å². The highest BCUT2D eigenvalue weighted by Crippen LogP contribution is 2.35. The molecule has 1 aromatic carbocycles. The summed E-state index contributed by atoms with van der Waals surface area (Å²) in [4.78, 5) is 11.3. The molecule has 0 radical (unpaired) electrons. The minimum absolute atomic E-state index is 0.0822. The SMILES string of the molecule is CCNC1CCCc2c(OCC(=O)NC)cccc21. The predicted octanol–water partition coefficient (Wildman–Crippen LogP) is 1.80. The van der Waals surface area contributed by atoms with Crippen LogP contribution in [0.4, 0.5) is 0 Å². The van der Waals surface area contributed by atoms with Crippen molar-refractivity contribution < 1.29 is 9.53 Å². The largest absolute Gasteiger partial charge is 0.483 e. The third-order valence-electron chi connectivity index (χ3n) is 3.55. The molecule has 1 aliphatic carbocycles. The summed E-state index contributed by atoms with van der Waals surface area (Å²) >= 11 is 0. The Balaban J connectivity index is 2.17. The van der Waals surface area contributed by atoms with Gasteiger partial charge in [-0.15, -0.1) is 0 Å². The normalized spacial score (nSPS) is 17.7. The van der Waals surface area contributed by atoms with Crippen LogP contribution in [-0.2, 0) is 11.2 Å². The van der Waals surface area contributed by atoms with Gasteiger partial charge in [0.05, 0.1) is 0 Å². The Labute approximate surface area is 114 Å². The average Bonchev–Trinajstić information content (AvgIpc) is 2.45. The molecular weight excluding hydrogens is 240 g/mol. The summed E-state index contributed by atoms with van der Waals surface area (Å²) in [6.07, 6.45) is 3.35. The van der Waals surface area contributed by atoms with Crippen LogP contribution < -0.4 is 15.4 Å². The van der Waals surface area contributed by atoms with Gasteiger partial charge in [0.15, 0.2) is 6.61 Å². The van der Waals surface area contributed by atoms with Gasteiger partial charge in [0.25, 0.3) is 5.91 Å². The van der Waals surface area contributed by atoms with Crippen LogP contribution in [0.3, 0.4) is 0 Å².